The van der Waals surface area contributed by atoms with E-state index in [2.05, 4.69) is 10.6 Å². The van der Waals surface area contributed by atoms with Crippen molar-refractivity contribution in [2.24, 2.45) is 0 Å². The summed E-state index contributed by atoms with van der Waals surface area (Å²) in [6.45, 7) is 6.11. The fourth-order valence-corrected chi connectivity index (χ4v) is 3.67. The van der Waals surface area contributed by atoms with E-state index in [1.807, 2.05) is 37.3 Å². The first-order valence-corrected chi connectivity index (χ1v) is 9.72. The summed E-state index contributed by atoms with van der Waals surface area (Å²) < 4.78 is 5.11. The highest BCUT2D eigenvalue weighted by Crippen LogP contribution is 2.34. The highest BCUT2D eigenvalue weighted by Gasteiger charge is 2.26. The minimum Gasteiger partial charge on any atom is -0.462 e. The first kappa shape index (κ1) is 20.6. The molecular weight excluding hydrogens is 364 g/mol. The molecule has 0 bridgehead atoms. The lowest BCUT2D eigenvalue weighted by atomic mass is 10.1. The number of amides is 2. The Morgan fingerprint density at radius 2 is 1.81 bits per heavy atom. The third-order valence-electron chi connectivity index (χ3n) is 3.83. The number of carbonyl (C=O) groups excluding carboxylic acids is 3. The standard InChI is InChI=1S/C20H24N2O4S/c1-4-11-21-18(24)17-13(3)16(20(25)26-5-2)19(27-17)22-15(23)12-14-9-7-6-8-10-14/h6-10H,4-5,11-12H2,1-3H3,(H,21,24)(H,22,23). The van der Waals surface area contributed by atoms with Gasteiger partial charge in [0.15, 0.2) is 0 Å². The average Bonchev–Trinajstić information content (AvgIpc) is 2.96. The van der Waals surface area contributed by atoms with Crippen LogP contribution in [0.2, 0.25) is 0 Å². The van der Waals surface area contributed by atoms with Gasteiger partial charge < -0.3 is 15.4 Å². The maximum atomic E-state index is 12.4. The highest BCUT2D eigenvalue weighted by molar-refractivity contribution is 7.18. The fourth-order valence-electron chi connectivity index (χ4n) is 2.54. The van der Waals surface area contributed by atoms with Crippen molar-refractivity contribution in [3.63, 3.8) is 0 Å². The van der Waals surface area contributed by atoms with Gasteiger partial charge in [-0.2, -0.15) is 0 Å². The van der Waals surface area contributed by atoms with E-state index in [9.17, 15) is 14.4 Å². The monoisotopic (exact) mass is 388 g/mol. The molecule has 0 radical (unpaired) electrons. The van der Waals surface area contributed by atoms with Gasteiger partial charge in [0.05, 0.1) is 23.5 Å². The van der Waals surface area contributed by atoms with Gasteiger partial charge in [0.25, 0.3) is 5.91 Å². The van der Waals surface area contributed by atoms with E-state index in [0.717, 1.165) is 23.3 Å². The van der Waals surface area contributed by atoms with Crippen LogP contribution in [0.5, 0.6) is 0 Å². The van der Waals surface area contributed by atoms with Gasteiger partial charge in [0, 0.05) is 6.54 Å². The molecule has 1 aromatic heterocycles. The molecular formula is C20H24N2O4S. The Hall–Kier alpha value is -2.67. The van der Waals surface area contributed by atoms with E-state index in [1.54, 1.807) is 13.8 Å². The van der Waals surface area contributed by atoms with Gasteiger partial charge in [-0.15, -0.1) is 11.3 Å². The van der Waals surface area contributed by atoms with Crippen molar-refractivity contribution in [2.45, 2.75) is 33.6 Å². The molecule has 2 aromatic rings. The van der Waals surface area contributed by atoms with Gasteiger partial charge in [-0.3, -0.25) is 9.59 Å². The highest BCUT2D eigenvalue weighted by atomic mass is 32.1. The number of anilines is 1. The van der Waals surface area contributed by atoms with E-state index >= 15 is 0 Å². The quantitative estimate of drug-likeness (QED) is 0.677. The van der Waals surface area contributed by atoms with Crippen molar-refractivity contribution >= 4 is 34.1 Å². The zero-order valence-electron chi connectivity index (χ0n) is 15.8. The Balaban J connectivity index is 2.28. The molecule has 0 aliphatic rings. The molecule has 144 valence electrons. The average molecular weight is 388 g/mol. The van der Waals surface area contributed by atoms with Crippen LogP contribution in [0.4, 0.5) is 5.00 Å². The molecule has 2 rings (SSSR count). The van der Waals surface area contributed by atoms with Crippen LogP contribution in [0.15, 0.2) is 30.3 Å². The molecule has 0 atom stereocenters. The summed E-state index contributed by atoms with van der Waals surface area (Å²) in [5.41, 5.74) is 1.62. The zero-order chi connectivity index (χ0) is 19.8. The van der Waals surface area contributed by atoms with Gasteiger partial charge in [-0.25, -0.2) is 4.79 Å². The summed E-state index contributed by atoms with van der Waals surface area (Å²) in [7, 11) is 0. The van der Waals surface area contributed by atoms with Crippen LogP contribution < -0.4 is 10.6 Å². The number of thiophene rings is 1. The van der Waals surface area contributed by atoms with E-state index in [0.29, 0.717) is 22.0 Å². The number of hydrogen-bond donors (Lipinski definition) is 2. The molecule has 2 amide bonds. The first-order chi connectivity index (χ1) is 13.0. The third kappa shape index (κ3) is 5.40. The maximum absolute atomic E-state index is 12.4. The summed E-state index contributed by atoms with van der Waals surface area (Å²) in [5, 5.41) is 5.91. The van der Waals surface area contributed by atoms with Crippen molar-refractivity contribution in [3.05, 3.63) is 51.9 Å². The van der Waals surface area contributed by atoms with Gasteiger partial charge in [-0.1, -0.05) is 37.3 Å². The lowest BCUT2D eigenvalue weighted by molar-refractivity contribution is -0.115. The maximum Gasteiger partial charge on any atom is 0.341 e. The molecule has 1 aromatic carbocycles. The van der Waals surface area contributed by atoms with Crippen LogP contribution in [0.3, 0.4) is 0 Å². The normalized spacial score (nSPS) is 10.3. The number of benzene rings is 1. The number of nitrogens with one attached hydrogen (secondary N) is 2. The number of ether oxygens (including phenoxy) is 1. The van der Waals surface area contributed by atoms with Crippen molar-refractivity contribution in [1.29, 1.82) is 0 Å². The second-order valence-corrected chi connectivity index (χ2v) is 6.97. The molecule has 0 spiro atoms. The van der Waals surface area contributed by atoms with Crippen molar-refractivity contribution in [2.75, 3.05) is 18.5 Å². The fraction of sp³-hybridized carbons (Fsp3) is 0.350. The van der Waals surface area contributed by atoms with Crippen LogP contribution in [0.1, 0.15) is 51.4 Å². The largest absolute Gasteiger partial charge is 0.462 e. The van der Waals surface area contributed by atoms with Gasteiger partial charge in [0.1, 0.15) is 5.00 Å². The van der Waals surface area contributed by atoms with E-state index in [1.165, 1.54) is 0 Å². The number of rotatable bonds is 8. The van der Waals surface area contributed by atoms with Crippen molar-refractivity contribution in [3.8, 4) is 0 Å². The Kier molecular flexibility index (Phi) is 7.55. The molecule has 6 nitrogen and oxygen atoms in total. The van der Waals surface area contributed by atoms with Crippen LogP contribution in [-0.2, 0) is 16.0 Å². The molecule has 0 unspecified atom stereocenters. The molecule has 2 N–H and O–H groups in total. The molecule has 1 heterocycles. The summed E-state index contributed by atoms with van der Waals surface area (Å²) in [5.74, 6) is -1.06. The Bertz CT molecular complexity index is 815. The number of carbonyl (C=O) groups is 3. The van der Waals surface area contributed by atoms with E-state index < -0.39 is 5.97 Å². The van der Waals surface area contributed by atoms with Gasteiger partial charge >= 0.3 is 5.97 Å². The summed E-state index contributed by atoms with van der Waals surface area (Å²) in [4.78, 5) is 37.6. The Labute approximate surface area is 162 Å². The molecule has 0 fully saturated rings. The third-order valence-corrected chi connectivity index (χ3v) is 5.03. The van der Waals surface area contributed by atoms with Crippen LogP contribution in [0, 0.1) is 6.92 Å². The first-order valence-electron chi connectivity index (χ1n) is 8.90. The molecule has 0 aliphatic carbocycles. The lowest BCUT2D eigenvalue weighted by Gasteiger charge is -2.07. The second-order valence-electron chi connectivity index (χ2n) is 5.95. The Morgan fingerprint density at radius 3 is 2.44 bits per heavy atom. The topological polar surface area (TPSA) is 84.5 Å². The van der Waals surface area contributed by atoms with Crippen LogP contribution in [-0.4, -0.2) is 30.9 Å². The van der Waals surface area contributed by atoms with E-state index in [4.69, 9.17) is 4.74 Å². The summed E-state index contributed by atoms with van der Waals surface area (Å²) >= 11 is 1.09. The molecule has 0 saturated carbocycles. The van der Waals surface area contributed by atoms with E-state index in [-0.39, 0.29) is 30.4 Å². The lowest BCUT2D eigenvalue weighted by Crippen LogP contribution is -2.23. The minimum atomic E-state index is -0.546. The van der Waals surface area contributed by atoms with Crippen molar-refractivity contribution < 1.29 is 19.1 Å². The summed E-state index contributed by atoms with van der Waals surface area (Å²) in [6, 6.07) is 9.31. The minimum absolute atomic E-state index is 0.178. The number of esters is 1. The van der Waals surface area contributed by atoms with Gasteiger partial charge in [-0.05, 0) is 31.4 Å². The van der Waals surface area contributed by atoms with Crippen molar-refractivity contribution in [1.82, 2.24) is 5.32 Å². The predicted octanol–water partition coefficient (Wildman–Crippen LogP) is 3.55. The van der Waals surface area contributed by atoms with Crippen LogP contribution >= 0.6 is 11.3 Å². The SMILES string of the molecule is CCCNC(=O)c1sc(NC(=O)Cc2ccccc2)c(C(=O)OCC)c1C. The Morgan fingerprint density at radius 1 is 1.11 bits per heavy atom. The smallest absolute Gasteiger partial charge is 0.341 e. The summed E-state index contributed by atoms with van der Waals surface area (Å²) in [6.07, 6.45) is 0.985. The molecule has 27 heavy (non-hydrogen) atoms. The predicted molar refractivity (Wildman–Crippen MR) is 106 cm³/mol. The molecule has 0 aliphatic heterocycles. The molecule has 0 saturated heterocycles. The number of hydrogen-bond acceptors (Lipinski definition) is 5. The molecule has 7 heteroatoms. The second kappa shape index (κ2) is 9.87. The van der Waals surface area contributed by atoms with Crippen LogP contribution in [0.25, 0.3) is 0 Å². The van der Waals surface area contributed by atoms with Gasteiger partial charge in [0.2, 0.25) is 5.91 Å². The zero-order valence-corrected chi connectivity index (χ0v) is 16.6.